The monoisotopic (exact) mass is 514 g/mol. The van der Waals surface area contributed by atoms with E-state index in [-0.39, 0.29) is 19.6 Å². The Balaban J connectivity index is 2.10. The fraction of sp³-hybridized carbons (Fsp3) is 0.889. The van der Waals surface area contributed by atoms with Gasteiger partial charge in [0.25, 0.3) is 0 Å². The normalized spacial score (nSPS) is 26.5. The van der Waals surface area contributed by atoms with Crippen LogP contribution < -0.4 is 0 Å². The first-order valence-corrected chi connectivity index (χ1v) is 11.5. The van der Waals surface area contributed by atoms with E-state index in [1.165, 1.54) is 0 Å². The topological polar surface area (TPSA) is 127 Å². The molecule has 0 amide bonds. The van der Waals surface area contributed by atoms with Gasteiger partial charge in [0.05, 0.1) is 6.61 Å². The molecule has 0 saturated heterocycles. The molecular weight excluding hydrogens is 490 g/mol. The number of rotatable bonds is 8. The van der Waals surface area contributed by atoms with Gasteiger partial charge in [-0.2, -0.15) is 34.8 Å². The van der Waals surface area contributed by atoms with Gasteiger partial charge in [0, 0.05) is 12.0 Å². The standard InChI is InChI=1S/C18H24F6O8S/c19-17(20,21)16(18(22,23)24,33(28,29)30)14(27)31-9-13(26)32-10-15(4-5-25)7-11-2-1-3-12(6-11)8-15/h11-12,25H,1-10H2,(H,28,29,30). The van der Waals surface area contributed by atoms with Crippen molar-refractivity contribution in [2.24, 2.45) is 17.3 Å². The summed E-state index contributed by atoms with van der Waals surface area (Å²) in [6.07, 6.45) is -8.32. The molecule has 0 aromatic rings. The molecule has 8 nitrogen and oxygen atoms in total. The van der Waals surface area contributed by atoms with E-state index < -0.39 is 51.2 Å². The van der Waals surface area contributed by atoms with Gasteiger partial charge in [-0.1, -0.05) is 19.3 Å². The number of hydrogen-bond acceptors (Lipinski definition) is 7. The highest BCUT2D eigenvalue weighted by Crippen LogP contribution is 2.51. The van der Waals surface area contributed by atoms with E-state index in [0.717, 1.165) is 25.7 Å². The molecule has 15 heteroatoms. The summed E-state index contributed by atoms with van der Waals surface area (Å²) in [5.74, 6) is -4.28. The molecule has 2 aliphatic rings. The average Bonchev–Trinajstić information content (AvgIpc) is 2.61. The van der Waals surface area contributed by atoms with Crippen LogP contribution in [-0.4, -0.2) is 66.9 Å². The number of hydrogen-bond donors (Lipinski definition) is 2. The van der Waals surface area contributed by atoms with Gasteiger partial charge in [-0.25, -0.2) is 9.59 Å². The Bertz CT molecular complexity index is 812. The van der Waals surface area contributed by atoms with Crippen molar-refractivity contribution in [2.45, 2.75) is 62.0 Å². The zero-order valence-corrected chi connectivity index (χ0v) is 18.1. The van der Waals surface area contributed by atoms with E-state index >= 15 is 0 Å². The number of alkyl halides is 6. The Labute approximate surface area is 185 Å². The van der Waals surface area contributed by atoms with Crippen LogP contribution in [0.2, 0.25) is 0 Å². The van der Waals surface area contributed by atoms with Crippen molar-refractivity contribution in [1.82, 2.24) is 0 Å². The van der Waals surface area contributed by atoms with Gasteiger partial charge in [-0.3, -0.25) is 4.55 Å². The van der Waals surface area contributed by atoms with Gasteiger partial charge in [0.15, 0.2) is 6.61 Å². The molecule has 33 heavy (non-hydrogen) atoms. The van der Waals surface area contributed by atoms with Crippen LogP contribution in [0.25, 0.3) is 0 Å². The van der Waals surface area contributed by atoms with Crippen molar-refractivity contribution in [3.63, 3.8) is 0 Å². The zero-order chi connectivity index (χ0) is 25.3. The Morgan fingerprint density at radius 2 is 1.48 bits per heavy atom. The second-order valence-corrected chi connectivity index (χ2v) is 10.2. The van der Waals surface area contributed by atoms with Crippen LogP contribution in [0.1, 0.15) is 44.9 Å². The Morgan fingerprint density at radius 1 is 0.970 bits per heavy atom. The molecule has 192 valence electrons. The second-order valence-electron chi connectivity index (χ2n) is 8.67. The lowest BCUT2D eigenvalue weighted by molar-refractivity contribution is -0.268. The minimum atomic E-state index is -7.15. The molecule has 2 fully saturated rings. The van der Waals surface area contributed by atoms with Crippen molar-refractivity contribution in [3.8, 4) is 0 Å². The molecule has 0 aromatic carbocycles. The number of ether oxygens (including phenoxy) is 2. The maximum absolute atomic E-state index is 13.1. The Hall–Kier alpha value is -1.61. The van der Waals surface area contributed by atoms with Crippen LogP contribution in [0.4, 0.5) is 26.3 Å². The van der Waals surface area contributed by atoms with Gasteiger partial charge < -0.3 is 14.6 Å². The number of carbonyl (C=O) groups is 2. The molecule has 0 aromatic heterocycles. The molecule has 2 unspecified atom stereocenters. The first kappa shape index (κ1) is 27.6. The summed E-state index contributed by atoms with van der Waals surface area (Å²) >= 11 is 0. The van der Waals surface area contributed by atoms with Gasteiger partial charge in [-0.05, 0) is 37.5 Å². The van der Waals surface area contributed by atoms with E-state index in [1.54, 1.807) is 0 Å². The number of halogens is 6. The van der Waals surface area contributed by atoms with Gasteiger partial charge in [0.1, 0.15) is 0 Å². The summed E-state index contributed by atoms with van der Waals surface area (Å²) < 4.78 is 112. The van der Waals surface area contributed by atoms with Crippen molar-refractivity contribution in [1.29, 1.82) is 0 Å². The summed E-state index contributed by atoms with van der Waals surface area (Å²) in [6.45, 7) is -2.29. The smallest absolute Gasteiger partial charge is 0.430 e. The number of fused-ring (bicyclic) bond motifs is 2. The molecule has 2 N–H and O–H groups in total. The number of esters is 2. The largest absolute Gasteiger partial charge is 0.463 e. The molecule has 0 radical (unpaired) electrons. The van der Waals surface area contributed by atoms with E-state index in [1.807, 2.05) is 0 Å². The zero-order valence-electron chi connectivity index (χ0n) is 17.2. The van der Waals surface area contributed by atoms with E-state index in [9.17, 15) is 49.5 Å². The molecule has 2 atom stereocenters. The third-order valence-corrected chi connectivity index (χ3v) is 7.71. The minimum absolute atomic E-state index is 0.236. The first-order chi connectivity index (χ1) is 15.0. The Morgan fingerprint density at radius 3 is 1.91 bits per heavy atom. The number of carbonyl (C=O) groups excluding carboxylic acids is 2. The Kier molecular flexibility index (Phi) is 8.01. The van der Waals surface area contributed by atoms with Gasteiger partial charge in [-0.15, -0.1) is 0 Å². The lowest BCUT2D eigenvalue weighted by Gasteiger charge is -2.46. The maximum Gasteiger partial charge on any atom is 0.430 e. The highest BCUT2D eigenvalue weighted by molar-refractivity contribution is 7.88. The van der Waals surface area contributed by atoms with Crippen molar-refractivity contribution >= 4 is 22.1 Å². The fourth-order valence-corrected chi connectivity index (χ4v) is 5.86. The summed E-state index contributed by atoms with van der Waals surface area (Å²) in [4.78, 5) is 23.6. The van der Waals surface area contributed by atoms with E-state index in [4.69, 9.17) is 9.29 Å². The minimum Gasteiger partial charge on any atom is -0.463 e. The van der Waals surface area contributed by atoms with Gasteiger partial charge >= 0.3 is 39.2 Å². The quantitative estimate of drug-likeness (QED) is 0.288. The van der Waals surface area contributed by atoms with E-state index in [0.29, 0.717) is 24.7 Å². The van der Waals surface area contributed by atoms with Crippen LogP contribution in [0.15, 0.2) is 0 Å². The fourth-order valence-electron chi connectivity index (χ4n) is 5.00. The first-order valence-electron chi connectivity index (χ1n) is 10.0. The molecule has 2 bridgehead atoms. The molecule has 2 rings (SSSR count). The third kappa shape index (κ3) is 5.56. The summed E-state index contributed by atoms with van der Waals surface area (Å²) in [5, 5.41) is 9.40. The van der Waals surface area contributed by atoms with Crippen molar-refractivity contribution < 1.29 is 63.5 Å². The highest BCUT2D eigenvalue weighted by Gasteiger charge is 2.84. The summed E-state index contributed by atoms with van der Waals surface area (Å²) in [5.41, 5.74) is -0.640. The SMILES string of the molecule is O=C(COC(=O)C(C(F)(F)F)(C(F)(F)F)S(=O)(=O)O)OCC1(CCO)CC2CCCC(C2)C1. The van der Waals surface area contributed by atoms with Crippen LogP contribution in [0.5, 0.6) is 0 Å². The van der Waals surface area contributed by atoms with Crippen LogP contribution in [0.3, 0.4) is 0 Å². The predicted octanol–water partition coefficient (Wildman–Crippen LogP) is 2.79. The maximum atomic E-state index is 13.1. The van der Waals surface area contributed by atoms with Crippen LogP contribution in [-0.2, 0) is 29.2 Å². The average molecular weight is 514 g/mol. The predicted molar refractivity (Wildman–Crippen MR) is 97.1 cm³/mol. The lowest BCUT2D eigenvalue weighted by atomic mass is 9.60. The van der Waals surface area contributed by atoms with Crippen LogP contribution >= 0.6 is 0 Å². The lowest BCUT2D eigenvalue weighted by Crippen LogP contribution is -2.67. The highest BCUT2D eigenvalue weighted by atomic mass is 32.2. The molecule has 2 aliphatic carbocycles. The molecule has 2 saturated carbocycles. The van der Waals surface area contributed by atoms with Gasteiger partial charge in [0.2, 0.25) is 0 Å². The molecular formula is C18H24F6O8S. The second kappa shape index (κ2) is 9.56. The molecule has 0 heterocycles. The molecule has 0 spiro atoms. The number of aliphatic hydroxyl groups excluding tert-OH is 1. The summed E-state index contributed by atoms with van der Waals surface area (Å²) in [7, 11) is -7.15. The number of aliphatic hydroxyl groups is 1. The molecule has 0 aliphatic heterocycles. The van der Waals surface area contributed by atoms with Crippen molar-refractivity contribution in [2.75, 3.05) is 19.8 Å². The van der Waals surface area contributed by atoms with Crippen LogP contribution in [0, 0.1) is 17.3 Å². The third-order valence-electron chi connectivity index (χ3n) is 6.31. The van der Waals surface area contributed by atoms with Crippen molar-refractivity contribution in [3.05, 3.63) is 0 Å². The van der Waals surface area contributed by atoms with E-state index in [2.05, 4.69) is 4.74 Å². The summed E-state index contributed by atoms with van der Waals surface area (Å²) in [6, 6.07) is 0.